The number of sulfonamides is 1. The van der Waals surface area contributed by atoms with Gasteiger partial charge in [0.25, 0.3) is 10.0 Å². The second-order valence-corrected chi connectivity index (χ2v) is 10.2. The molecule has 0 aliphatic carbocycles. The van der Waals surface area contributed by atoms with Crippen LogP contribution in [0.25, 0.3) is 21.1 Å². The second kappa shape index (κ2) is 7.78. The van der Waals surface area contributed by atoms with Crippen LogP contribution in [0.1, 0.15) is 10.7 Å². The van der Waals surface area contributed by atoms with Gasteiger partial charge in [-0.25, -0.2) is 22.8 Å². The van der Waals surface area contributed by atoms with Gasteiger partial charge in [0.05, 0.1) is 37.4 Å². The molecular weight excluding hydrogens is 445 g/mol. The minimum absolute atomic E-state index is 0.00803. The average Bonchev–Trinajstić information content (AvgIpc) is 3.31. The Hall–Kier alpha value is -2.82. The van der Waals surface area contributed by atoms with Gasteiger partial charge in [-0.2, -0.15) is 0 Å². The fourth-order valence-electron chi connectivity index (χ4n) is 2.88. The Balaban J connectivity index is 1.66. The lowest BCUT2D eigenvalue weighted by Crippen LogP contribution is -2.13. The van der Waals surface area contributed by atoms with E-state index in [0.29, 0.717) is 10.7 Å². The van der Waals surface area contributed by atoms with Crippen LogP contribution in [-0.4, -0.2) is 23.5 Å². The molecule has 10 heteroatoms. The fraction of sp³-hybridized carbons (Fsp3) is 0.100. The number of halogens is 1. The standard InChI is InChI=1S/C20H16FN3O3S3/c1-11-19(29-12(2)22-11)17-10-28-20(23-17)14-8-18(25)16(9-15(14)21)24-30(26,27)13-6-4-3-5-7-13/h3-10,24-25H,1-2H3. The third kappa shape index (κ3) is 3.93. The summed E-state index contributed by atoms with van der Waals surface area (Å²) in [5, 5.41) is 13.4. The second-order valence-electron chi connectivity index (χ2n) is 6.45. The summed E-state index contributed by atoms with van der Waals surface area (Å²) in [5.41, 5.74) is 1.38. The zero-order valence-electron chi connectivity index (χ0n) is 15.9. The SMILES string of the molecule is Cc1nc(C)c(-c2csc(-c3cc(O)c(NS(=O)(=O)c4ccccc4)cc3F)n2)s1. The van der Waals surface area contributed by atoms with Crippen molar-refractivity contribution in [1.82, 2.24) is 9.97 Å². The van der Waals surface area contributed by atoms with Crippen molar-refractivity contribution in [2.45, 2.75) is 18.7 Å². The molecule has 0 atom stereocenters. The molecule has 154 valence electrons. The molecule has 0 saturated carbocycles. The van der Waals surface area contributed by atoms with E-state index in [1.54, 1.807) is 23.6 Å². The van der Waals surface area contributed by atoms with Gasteiger partial charge in [-0.1, -0.05) is 18.2 Å². The van der Waals surface area contributed by atoms with Crippen molar-refractivity contribution < 1.29 is 17.9 Å². The molecule has 0 bridgehead atoms. The highest BCUT2D eigenvalue weighted by Crippen LogP contribution is 2.38. The van der Waals surface area contributed by atoms with Crippen LogP contribution >= 0.6 is 22.7 Å². The van der Waals surface area contributed by atoms with Crippen LogP contribution in [0.15, 0.2) is 52.7 Å². The molecule has 2 aromatic heterocycles. The van der Waals surface area contributed by atoms with E-state index in [2.05, 4.69) is 14.7 Å². The molecule has 0 fully saturated rings. The number of thiazole rings is 2. The van der Waals surface area contributed by atoms with E-state index in [1.807, 2.05) is 13.8 Å². The molecule has 2 N–H and O–H groups in total. The van der Waals surface area contributed by atoms with E-state index in [-0.39, 0.29) is 16.1 Å². The molecule has 2 aromatic carbocycles. The number of benzene rings is 2. The first kappa shape index (κ1) is 20.5. The molecule has 0 aliphatic rings. The van der Waals surface area contributed by atoms with Gasteiger partial charge >= 0.3 is 0 Å². The van der Waals surface area contributed by atoms with Crippen LogP contribution < -0.4 is 4.72 Å². The Bertz CT molecular complexity index is 1330. The molecule has 30 heavy (non-hydrogen) atoms. The van der Waals surface area contributed by atoms with E-state index in [9.17, 15) is 17.9 Å². The van der Waals surface area contributed by atoms with Gasteiger partial charge in [-0.15, -0.1) is 22.7 Å². The summed E-state index contributed by atoms with van der Waals surface area (Å²) < 4.78 is 41.9. The molecular formula is C20H16FN3O3S3. The van der Waals surface area contributed by atoms with E-state index < -0.39 is 21.6 Å². The molecule has 0 spiro atoms. The lowest BCUT2D eigenvalue weighted by Gasteiger charge is -2.11. The number of nitrogens with zero attached hydrogens (tertiary/aromatic N) is 2. The maximum Gasteiger partial charge on any atom is 0.262 e. The van der Waals surface area contributed by atoms with Gasteiger partial charge < -0.3 is 5.11 Å². The van der Waals surface area contributed by atoms with Crippen molar-refractivity contribution in [2.24, 2.45) is 0 Å². The fourth-order valence-corrected chi connectivity index (χ4v) is 5.75. The summed E-state index contributed by atoms with van der Waals surface area (Å²) in [4.78, 5) is 9.77. The van der Waals surface area contributed by atoms with E-state index >= 15 is 0 Å². The number of hydrogen-bond acceptors (Lipinski definition) is 7. The predicted molar refractivity (Wildman–Crippen MR) is 117 cm³/mol. The highest BCUT2D eigenvalue weighted by molar-refractivity contribution is 7.92. The summed E-state index contributed by atoms with van der Waals surface area (Å²) in [6.07, 6.45) is 0. The van der Waals surface area contributed by atoms with Crippen molar-refractivity contribution in [1.29, 1.82) is 0 Å². The Morgan fingerprint density at radius 2 is 1.83 bits per heavy atom. The molecule has 4 rings (SSSR count). The third-order valence-corrected chi connectivity index (χ3v) is 7.61. The number of rotatable bonds is 5. The summed E-state index contributed by atoms with van der Waals surface area (Å²) in [6, 6.07) is 9.77. The van der Waals surface area contributed by atoms with Crippen molar-refractivity contribution in [2.75, 3.05) is 4.72 Å². The lowest BCUT2D eigenvalue weighted by atomic mass is 10.2. The number of nitrogens with one attached hydrogen (secondary N) is 1. The monoisotopic (exact) mass is 461 g/mol. The Labute approximate surface area is 180 Å². The zero-order valence-corrected chi connectivity index (χ0v) is 18.3. The van der Waals surface area contributed by atoms with Crippen LogP contribution in [-0.2, 0) is 10.0 Å². The lowest BCUT2D eigenvalue weighted by molar-refractivity contribution is 0.476. The normalized spacial score (nSPS) is 11.6. The minimum Gasteiger partial charge on any atom is -0.506 e. The van der Waals surface area contributed by atoms with Gasteiger partial charge in [-0.3, -0.25) is 4.72 Å². The van der Waals surface area contributed by atoms with Crippen LogP contribution in [0.5, 0.6) is 5.75 Å². The smallest absolute Gasteiger partial charge is 0.262 e. The van der Waals surface area contributed by atoms with Gasteiger partial charge in [0, 0.05) is 11.4 Å². The maximum absolute atomic E-state index is 14.8. The molecule has 0 aliphatic heterocycles. The molecule has 6 nitrogen and oxygen atoms in total. The molecule has 0 saturated heterocycles. The van der Waals surface area contributed by atoms with Crippen molar-refractivity contribution >= 4 is 38.4 Å². The van der Waals surface area contributed by atoms with E-state index in [0.717, 1.165) is 21.6 Å². The molecule has 0 unspecified atom stereocenters. The zero-order chi connectivity index (χ0) is 21.5. The Morgan fingerprint density at radius 3 is 2.50 bits per heavy atom. The quantitative estimate of drug-likeness (QED) is 0.399. The van der Waals surface area contributed by atoms with Gasteiger partial charge in [0.2, 0.25) is 0 Å². The molecule has 4 aromatic rings. The number of anilines is 1. The minimum atomic E-state index is -3.96. The highest BCUT2D eigenvalue weighted by atomic mass is 32.2. The number of phenols is 1. The first-order valence-electron chi connectivity index (χ1n) is 8.75. The van der Waals surface area contributed by atoms with Crippen molar-refractivity contribution in [3.8, 4) is 26.9 Å². The Morgan fingerprint density at radius 1 is 1.10 bits per heavy atom. The number of hydrogen-bond donors (Lipinski definition) is 2. The van der Waals surface area contributed by atoms with E-state index in [1.165, 1.54) is 40.9 Å². The van der Waals surface area contributed by atoms with Crippen molar-refractivity contribution in [3.63, 3.8) is 0 Å². The summed E-state index contributed by atoms with van der Waals surface area (Å²) in [7, 11) is -3.96. The number of aryl methyl sites for hydroxylation is 2. The van der Waals surface area contributed by atoms with Gasteiger partial charge in [0.1, 0.15) is 16.6 Å². The van der Waals surface area contributed by atoms with Crippen LogP contribution in [0.3, 0.4) is 0 Å². The van der Waals surface area contributed by atoms with Crippen molar-refractivity contribution in [3.05, 3.63) is 64.4 Å². The van der Waals surface area contributed by atoms with Crippen LogP contribution in [0.2, 0.25) is 0 Å². The topological polar surface area (TPSA) is 92.2 Å². The summed E-state index contributed by atoms with van der Waals surface area (Å²) in [6.45, 7) is 3.79. The van der Waals surface area contributed by atoms with Crippen LogP contribution in [0, 0.1) is 19.7 Å². The van der Waals surface area contributed by atoms with Gasteiger partial charge in [0.15, 0.2) is 0 Å². The summed E-state index contributed by atoms with van der Waals surface area (Å²) >= 11 is 2.74. The number of aromatic nitrogens is 2. The summed E-state index contributed by atoms with van der Waals surface area (Å²) in [5.74, 6) is -1.09. The molecule has 0 radical (unpaired) electrons. The molecule has 0 amide bonds. The van der Waals surface area contributed by atoms with Gasteiger partial charge in [-0.05, 0) is 32.0 Å². The predicted octanol–water partition coefficient (Wildman–Crippen LogP) is 5.20. The maximum atomic E-state index is 14.8. The highest BCUT2D eigenvalue weighted by Gasteiger charge is 2.20. The first-order valence-corrected chi connectivity index (χ1v) is 11.9. The third-order valence-electron chi connectivity index (χ3n) is 4.25. The Kier molecular flexibility index (Phi) is 5.31. The number of aromatic hydroxyl groups is 1. The number of phenolic OH excluding ortho intramolecular Hbond substituents is 1. The average molecular weight is 462 g/mol. The van der Waals surface area contributed by atoms with Crippen LogP contribution in [0.4, 0.5) is 10.1 Å². The van der Waals surface area contributed by atoms with E-state index in [4.69, 9.17) is 0 Å². The first-order chi connectivity index (χ1) is 14.2. The largest absolute Gasteiger partial charge is 0.506 e. The molecule has 2 heterocycles.